The predicted molar refractivity (Wildman–Crippen MR) is 47.4 cm³/mol. The number of carbonyl (C=O) groups is 1. The van der Waals surface area contributed by atoms with Gasteiger partial charge in [0.1, 0.15) is 5.76 Å². The number of nitrogens with zero attached hydrogens (tertiary/aromatic N) is 1. The number of hydrogen-bond donors (Lipinski definition) is 2. The Morgan fingerprint density at radius 3 is 2.77 bits per heavy atom. The lowest BCUT2D eigenvalue weighted by molar-refractivity contribution is 0.0945. The number of rotatable bonds is 3. The normalized spacial score (nSPS) is 10.1. The van der Waals surface area contributed by atoms with Gasteiger partial charge in [-0.3, -0.25) is 4.79 Å². The molecule has 0 saturated carbocycles. The topological polar surface area (TPSA) is 81.2 Å². The highest BCUT2D eigenvalue weighted by Crippen LogP contribution is 2.10. The van der Waals surface area contributed by atoms with Crippen molar-refractivity contribution in [3.8, 4) is 0 Å². The van der Waals surface area contributed by atoms with Gasteiger partial charge in [0.25, 0.3) is 5.91 Å². The number of carbonyl (C=O) groups excluding carboxylic acids is 1. The molecule has 0 aromatic carbocycles. The molecular weight excluding hydrogens is 170 g/mol. The molecule has 5 nitrogen and oxygen atoms in total. The first kappa shape index (κ1) is 9.73. The largest absolute Gasteiger partial charge is 0.361 e. The van der Waals surface area contributed by atoms with Crippen LogP contribution in [0, 0.1) is 13.8 Å². The lowest BCUT2D eigenvalue weighted by atomic mass is 10.2. The third-order valence-corrected chi connectivity index (χ3v) is 1.80. The molecule has 0 spiro atoms. The van der Waals surface area contributed by atoms with Crippen LogP contribution in [0.5, 0.6) is 0 Å². The Kier molecular flexibility index (Phi) is 3.02. The third-order valence-electron chi connectivity index (χ3n) is 1.80. The Bertz CT molecular complexity index is 306. The molecule has 0 aliphatic carbocycles. The second kappa shape index (κ2) is 4.04. The highest BCUT2D eigenvalue weighted by atomic mass is 16.5. The molecule has 0 bridgehead atoms. The van der Waals surface area contributed by atoms with E-state index in [9.17, 15) is 4.79 Å². The molecule has 0 saturated heterocycles. The van der Waals surface area contributed by atoms with Crippen LogP contribution in [0.1, 0.15) is 21.8 Å². The maximum absolute atomic E-state index is 11.3. The van der Waals surface area contributed by atoms with E-state index in [1.165, 1.54) is 0 Å². The first-order valence-corrected chi connectivity index (χ1v) is 4.08. The van der Waals surface area contributed by atoms with Crippen LogP contribution in [0.2, 0.25) is 0 Å². The number of hydrogen-bond acceptors (Lipinski definition) is 4. The first-order valence-electron chi connectivity index (χ1n) is 4.08. The molecule has 0 fully saturated rings. The molecule has 13 heavy (non-hydrogen) atoms. The molecule has 1 aromatic rings. The molecule has 1 amide bonds. The van der Waals surface area contributed by atoms with Crippen LogP contribution in [0.15, 0.2) is 4.52 Å². The van der Waals surface area contributed by atoms with Crippen molar-refractivity contribution in [2.75, 3.05) is 13.1 Å². The average molecular weight is 183 g/mol. The Morgan fingerprint density at radius 1 is 1.62 bits per heavy atom. The van der Waals surface area contributed by atoms with Crippen LogP contribution < -0.4 is 11.1 Å². The number of nitrogens with one attached hydrogen (secondary N) is 1. The predicted octanol–water partition coefficient (Wildman–Crippen LogP) is -0.0201. The summed E-state index contributed by atoms with van der Waals surface area (Å²) in [4.78, 5) is 11.3. The van der Waals surface area contributed by atoms with E-state index in [1.54, 1.807) is 13.8 Å². The van der Waals surface area contributed by atoms with E-state index in [0.717, 1.165) is 5.56 Å². The Balaban J connectivity index is 2.71. The standard InChI is InChI=1S/C8H13N3O2/c1-5-6(2)13-11-7(5)8(12)10-4-3-9/h3-4,9H2,1-2H3,(H,10,12). The maximum atomic E-state index is 11.3. The van der Waals surface area contributed by atoms with Crippen molar-refractivity contribution in [1.82, 2.24) is 10.5 Å². The molecule has 0 unspecified atom stereocenters. The van der Waals surface area contributed by atoms with Crippen LogP contribution in [0.25, 0.3) is 0 Å². The van der Waals surface area contributed by atoms with Gasteiger partial charge in [-0.05, 0) is 13.8 Å². The summed E-state index contributed by atoms with van der Waals surface area (Å²) in [5, 5.41) is 6.26. The van der Waals surface area contributed by atoms with Gasteiger partial charge in [-0.15, -0.1) is 0 Å². The van der Waals surface area contributed by atoms with Gasteiger partial charge in [-0.2, -0.15) is 0 Å². The first-order chi connectivity index (χ1) is 6.16. The van der Waals surface area contributed by atoms with Gasteiger partial charge >= 0.3 is 0 Å². The third kappa shape index (κ3) is 2.06. The second-order valence-corrected chi connectivity index (χ2v) is 2.76. The van der Waals surface area contributed by atoms with Crippen molar-refractivity contribution in [2.45, 2.75) is 13.8 Å². The molecule has 1 heterocycles. The van der Waals surface area contributed by atoms with E-state index in [4.69, 9.17) is 10.3 Å². The van der Waals surface area contributed by atoms with Gasteiger partial charge in [0, 0.05) is 18.7 Å². The summed E-state index contributed by atoms with van der Waals surface area (Å²) in [6.07, 6.45) is 0. The molecule has 0 atom stereocenters. The van der Waals surface area contributed by atoms with Gasteiger partial charge in [0.2, 0.25) is 0 Å². The summed E-state index contributed by atoms with van der Waals surface area (Å²) < 4.78 is 4.85. The van der Waals surface area contributed by atoms with Crippen LogP contribution in [-0.2, 0) is 0 Å². The smallest absolute Gasteiger partial charge is 0.273 e. The molecule has 0 aliphatic rings. The van der Waals surface area contributed by atoms with Gasteiger partial charge < -0.3 is 15.6 Å². The molecular formula is C8H13N3O2. The summed E-state index contributed by atoms with van der Waals surface area (Å²) in [7, 11) is 0. The van der Waals surface area contributed by atoms with Crippen molar-refractivity contribution in [3.05, 3.63) is 17.0 Å². The quantitative estimate of drug-likeness (QED) is 0.690. The molecule has 5 heteroatoms. The maximum Gasteiger partial charge on any atom is 0.273 e. The zero-order chi connectivity index (χ0) is 9.84. The summed E-state index contributed by atoms with van der Waals surface area (Å²) >= 11 is 0. The molecule has 1 aromatic heterocycles. The SMILES string of the molecule is Cc1onc(C(=O)NCCN)c1C. The molecule has 72 valence electrons. The van der Waals surface area contributed by atoms with Crippen molar-refractivity contribution in [1.29, 1.82) is 0 Å². The van der Waals surface area contributed by atoms with Gasteiger partial charge in [-0.1, -0.05) is 5.16 Å². The summed E-state index contributed by atoms with van der Waals surface area (Å²) in [5.74, 6) is 0.428. The van der Waals surface area contributed by atoms with Crippen molar-refractivity contribution >= 4 is 5.91 Å². The minimum Gasteiger partial charge on any atom is -0.361 e. The van der Waals surface area contributed by atoms with Crippen LogP contribution in [0.4, 0.5) is 0 Å². The van der Waals surface area contributed by atoms with E-state index >= 15 is 0 Å². The fourth-order valence-corrected chi connectivity index (χ4v) is 0.899. The van der Waals surface area contributed by atoms with Crippen molar-refractivity contribution in [3.63, 3.8) is 0 Å². The lowest BCUT2D eigenvalue weighted by Gasteiger charge is -1.99. The van der Waals surface area contributed by atoms with Gasteiger partial charge in [-0.25, -0.2) is 0 Å². The molecule has 0 radical (unpaired) electrons. The van der Waals surface area contributed by atoms with E-state index in [2.05, 4.69) is 10.5 Å². The highest BCUT2D eigenvalue weighted by molar-refractivity contribution is 5.93. The monoisotopic (exact) mass is 183 g/mol. The van der Waals surface area contributed by atoms with Crippen LogP contribution in [0.3, 0.4) is 0 Å². The Morgan fingerprint density at radius 2 is 2.31 bits per heavy atom. The van der Waals surface area contributed by atoms with Crippen molar-refractivity contribution in [2.24, 2.45) is 5.73 Å². The Labute approximate surface area is 76.3 Å². The fourth-order valence-electron chi connectivity index (χ4n) is 0.899. The average Bonchev–Trinajstić information content (AvgIpc) is 2.44. The molecule has 0 aliphatic heterocycles. The van der Waals surface area contributed by atoms with E-state index in [-0.39, 0.29) is 5.91 Å². The number of nitrogens with two attached hydrogens (primary N) is 1. The van der Waals surface area contributed by atoms with E-state index < -0.39 is 0 Å². The number of aryl methyl sites for hydroxylation is 1. The summed E-state index contributed by atoms with van der Waals surface area (Å²) in [6.45, 7) is 4.43. The summed E-state index contributed by atoms with van der Waals surface area (Å²) in [6, 6.07) is 0. The highest BCUT2D eigenvalue weighted by Gasteiger charge is 2.15. The number of aromatic nitrogens is 1. The summed E-state index contributed by atoms with van der Waals surface area (Å²) in [5.41, 5.74) is 6.35. The van der Waals surface area contributed by atoms with Crippen LogP contribution >= 0.6 is 0 Å². The lowest BCUT2D eigenvalue weighted by Crippen LogP contribution is -2.29. The van der Waals surface area contributed by atoms with E-state index in [0.29, 0.717) is 24.5 Å². The van der Waals surface area contributed by atoms with Crippen molar-refractivity contribution < 1.29 is 9.32 Å². The van der Waals surface area contributed by atoms with Crippen LogP contribution in [-0.4, -0.2) is 24.2 Å². The Hall–Kier alpha value is -1.36. The van der Waals surface area contributed by atoms with E-state index in [1.807, 2.05) is 0 Å². The molecule has 3 N–H and O–H groups in total. The second-order valence-electron chi connectivity index (χ2n) is 2.76. The zero-order valence-electron chi connectivity index (χ0n) is 7.76. The number of amides is 1. The minimum absolute atomic E-state index is 0.236. The van der Waals surface area contributed by atoms with Gasteiger partial charge in [0.05, 0.1) is 0 Å². The zero-order valence-corrected chi connectivity index (χ0v) is 7.76. The molecule has 1 rings (SSSR count). The van der Waals surface area contributed by atoms with Gasteiger partial charge in [0.15, 0.2) is 5.69 Å². The fraction of sp³-hybridized carbons (Fsp3) is 0.500. The minimum atomic E-state index is -0.236.